The predicted molar refractivity (Wildman–Crippen MR) is 106 cm³/mol. The molecule has 5 nitrogen and oxygen atoms in total. The summed E-state index contributed by atoms with van der Waals surface area (Å²) in [5.41, 5.74) is 2.39. The molecular weight excluding hydrogens is 324 g/mol. The number of hydrogen-bond acceptors (Lipinski definition) is 4. The summed E-state index contributed by atoms with van der Waals surface area (Å²) in [7, 11) is 2.15. The van der Waals surface area contributed by atoms with E-state index < -0.39 is 0 Å². The number of nitrogens with zero attached hydrogens (tertiary/aromatic N) is 3. The molecule has 3 rings (SSSR count). The molecule has 1 aliphatic heterocycles. The van der Waals surface area contributed by atoms with Crippen molar-refractivity contribution in [3.8, 4) is 0 Å². The van der Waals surface area contributed by atoms with E-state index in [0.717, 1.165) is 37.6 Å². The second-order valence-electron chi connectivity index (χ2n) is 8.60. The van der Waals surface area contributed by atoms with E-state index in [1.807, 2.05) is 6.20 Å². The molecule has 26 heavy (non-hydrogen) atoms. The van der Waals surface area contributed by atoms with E-state index >= 15 is 0 Å². The number of nitrogens with one attached hydrogen (secondary N) is 1. The minimum absolute atomic E-state index is 0.0604. The standard InChI is InChI=1S/C21H32N4O/c1-15(2)12-17-19(21(17,3)4)20(26)23-14-16-6-7-18(22-13-16)25-10-8-24(5)9-11-25/h6-7,12-13,17,19H,8-11,14H2,1-5H3,(H,23,26). The van der Waals surface area contributed by atoms with Gasteiger partial charge in [-0.05, 0) is 43.9 Å². The summed E-state index contributed by atoms with van der Waals surface area (Å²) < 4.78 is 0. The number of rotatable bonds is 5. The fourth-order valence-electron chi connectivity index (χ4n) is 3.89. The molecule has 1 aliphatic carbocycles. The van der Waals surface area contributed by atoms with Crippen LogP contribution in [0.1, 0.15) is 33.3 Å². The highest BCUT2D eigenvalue weighted by atomic mass is 16.2. The largest absolute Gasteiger partial charge is 0.354 e. The number of carbonyl (C=O) groups is 1. The Hall–Kier alpha value is -1.88. The molecule has 1 aromatic rings. The van der Waals surface area contributed by atoms with Gasteiger partial charge >= 0.3 is 0 Å². The van der Waals surface area contributed by atoms with Gasteiger partial charge in [0.25, 0.3) is 0 Å². The summed E-state index contributed by atoms with van der Waals surface area (Å²) in [5, 5.41) is 3.10. The number of allylic oxidation sites excluding steroid dienone is 2. The third-order valence-electron chi connectivity index (χ3n) is 5.81. The first kappa shape index (κ1) is 18.9. The molecule has 1 saturated heterocycles. The lowest BCUT2D eigenvalue weighted by atomic mass is 10.1. The fraction of sp³-hybridized carbons (Fsp3) is 0.619. The van der Waals surface area contributed by atoms with Gasteiger partial charge in [0.15, 0.2) is 0 Å². The third kappa shape index (κ3) is 4.09. The Balaban J connectivity index is 1.52. The summed E-state index contributed by atoms with van der Waals surface area (Å²) in [6.07, 6.45) is 4.12. The molecule has 2 aliphatic rings. The van der Waals surface area contributed by atoms with Gasteiger partial charge in [-0.1, -0.05) is 31.6 Å². The van der Waals surface area contributed by atoms with Crippen molar-refractivity contribution < 1.29 is 4.79 Å². The zero-order valence-electron chi connectivity index (χ0n) is 16.7. The number of pyridine rings is 1. The van der Waals surface area contributed by atoms with Crippen molar-refractivity contribution in [1.29, 1.82) is 0 Å². The van der Waals surface area contributed by atoms with Crippen LogP contribution in [-0.2, 0) is 11.3 Å². The van der Waals surface area contributed by atoms with Gasteiger partial charge < -0.3 is 15.1 Å². The topological polar surface area (TPSA) is 48.5 Å². The average molecular weight is 357 g/mol. The van der Waals surface area contributed by atoms with E-state index in [1.165, 1.54) is 5.57 Å². The molecule has 1 amide bonds. The lowest BCUT2D eigenvalue weighted by Gasteiger charge is -2.33. The zero-order chi connectivity index (χ0) is 18.9. The van der Waals surface area contributed by atoms with Gasteiger partial charge in [-0.25, -0.2) is 4.98 Å². The van der Waals surface area contributed by atoms with Crippen LogP contribution >= 0.6 is 0 Å². The number of amides is 1. The molecule has 0 aromatic carbocycles. The van der Waals surface area contributed by atoms with E-state index in [2.05, 4.69) is 73.1 Å². The highest BCUT2D eigenvalue weighted by Gasteiger charge is 2.60. The summed E-state index contributed by atoms with van der Waals surface area (Å²) in [5.74, 6) is 1.61. The number of piperazine rings is 1. The highest BCUT2D eigenvalue weighted by molar-refractivity contribution is 5.83. The van der Waals surface area contributed by atoms with Gasteiger partial charge in [0.1, 0.15) is 5.82 Å². The maximum atomic E-state index is 12.6. The molecular formula is C21H32N4O. The Morgan fingerprint density at radius 2 is 1.96 bits per heavy atom. The molecule has 5 heteroatoms. The van der Waals surface area contributed by atoms with Gasteiger partial charge in [0.2, 0.25) is 5.91 Å². The fourth-order valence-corrected chi connectivity index (χ4v) is 3.89. The van der Waals surface area contributed by atoms with E-state index in [-0.39, 0.29) is 17.2 Å². The van der Waals surface area contributed by atoms with Gasteiger partial charge in [0.05, 0.1) is 5.92 Å². The Morgan fingerprint density at radius 1 is 1.27 bits per heavy atom. The molecule has 2 unspecified atom stereocenters. The molecule has 2 fully saturated rings. The van der Waals surface area contributed by atoms with E-state index in [1.54, 1.807) is 0 Å². The number of anilines is 1. The monoisotopic (exact) mass is 356 g/mol. The van der Waals surface area contributed by atoms with Crippen molar-refractivity contribution in [2.24, 2.45) is 17.3 Å². The summed E-state index contributed by atoms with van der Waals surface area (Å²) in [6, 6.07) is 4.15. The van der Waals surface area contributed by atoms with Crippen molar-refractivity contribution in [2.75, 3.05) is 38.1 Å². The number of carbonyl (C=O) groups excluding carboxylic acids is 1. The van der Waals surface area contributed by atoms with Gasteiger partial charge in [-0.3, -0.25) is 4.79 Å². The minimum atomic E-state index is 0.0604. The molecule has 142 valence electrons. The van der Waals surface area contributed by atoms with Crippen LogP contribution < -0.4 is 10.2 Å². The molecule has 1 saturated carbocycles. The van der Waals surface area contributed by atoms with Crippen LogP contribution in [0, 0.1) is 17.3 Å². The second-order valence-corrected chi connectivity index (χ2v) is 8.60. The maximum Gasteiger partial charge on any atom is 0.224 e. The predicted octanol–water partition coefficient (Wildman–Crippen LogP) is 2.69. The first-order chi connectivity index (χ1) is 12.3. The number of aromatic nitrogens is 1. The molecule has 0 radical (unpaired) electrons. The molecule has 1 aromatic heterocycles. The lowest BCUT2D eigenvalue weighted by molar-refractivity contribution is -0.123. The van der Waals surface area contributed by atoms with Crippen molar-refractivity contribution >= 4 is 11.7 Å². The normalized spacial score (nSPS) is 24.9. The Kier molecular flexibility index (Phi) is 5.37. The summed E-state index contributed by atoms with van der Waals surface area (Å²) in [6.45, 7) is 13.3. The third-order valence-corrected chi connectivity index (χ3v) is 5.81. The van der Waals surface area contributed by atoms with Gasteiger partial charge in [-0.15, -0.1) is 0 Å². The van der Waals surface area contributed by atoms with Crippen LogP contribution in [0.2, 0.25) is 0 Å². The van der Waals surface area contributed by atoms with Crippen molar-refractivity contribution in [1.82, 2.24) is 15.2 Å². The average Bonchev–Trinajstić information content (AvgIpc) is 3.13. The SMILES string of the molecule is CC(C)=CC1C(C(=O)NCc2ccc(N3CCN(C)CC3)nc2)C1(C)C. The Bertz CT molecular complexity index is 668. The number of hydrogen-bond donors (Lipinski definition) is 1. The van der Waals surface area contributed by atoms with Crippen LogP contribution in [0.3, 0.4) is 0 Å². The molecule has 1 N–H and O–H groups in total. The van der Waals surface area contributed by atoms with Crippen LogP contribution in [0.15, 0.2) is 30.0 Å². The van der Waals surface area contributed by atoms with Crippen LogP contribution in [0.4, 0.5) is 5.82 Å². The van der Waals surface area contributed by atoms with E-state index in [4.69, 9.17) is 0 Å². The Labute approximate surface area is 157 Å². The first-order valence-corrected chi connectivity index (χ1v) is 9.60. The molecule has 0 spiro atoms. The van der Waals surface area contributed by atoms with E-state index in [0.29, 0.717) is 12.5 Å². The lowest BCUT2D eigenvalue weighted by Crippen LogP contribution is -2.44. The highest BCUT2D eigenvalue weighted by Crippen LogP contribution is 2.59. The van der Waals surface area contributed by atoms with Crippen LogP contribution in [0.5, 0.6) is 0 Å². The summed E-state index contributed by atoms with van der Waals surface area (Å²) in [4.78, 5) is 21.8. The van der Waals surface area contributed by atoms with E-state index in [9.17, 15) is 4.79 Å². The van der Waals surface area contributed by atoms with Crippen LogP contribution in [0.25, 0.3) is 0 Å². The van der Waals surface area contributed by atoms with Gasteiger partial charge in [0, 0.05) is 38.9 Å². The minimum Gasteiger partial charge on any atom is -0.354 e. The van der Waals surface area contributed by atoms with Crippen molar-refractivity contribution in [2.45, 2.75) is 34.2 Å². The van der Waals surface area contributed by atoms with Crippen molar-refractivity contribution in [3.05, 3.63) is 35.5 Å². The molecule has 2 atom stereocenters. The Morgan fingerprint density at radius 3 is 2.54 bits per heavy atom. The first-order valence-electron chi connectivity index (χ1n) is 9.60. The smallest absolute Gasteiger partial charge is 0.224 e. The van der Waals surface area contributed by atoms with Crippen LogP contribution in [-0.4, -0.2) is 49.0 Å². The maximum absolute atomic E-state index is 12.6. The van der Waals surface area contributed by atoms with Gasteiger partial charge in [-0.2, -0.15) is 0 Å². The summed E-state index contributed by atoms with van der Waals surface area (Å²) >= 11 is 0. The second kappa shape index (κ2) is 7.39. The molecule has 0 bridgehead atoms. The quantitative estimate of drug-likeness (QED) is 0.824. The number of likely N-dealkylation sites (N-methyl/N-ethyl adjacent to an activating group) is 1. The van der Waals surface area contributed by atoms with Crippen molar-refractivity contribution in [3.63, 3.8) is 0 Å². The molecule has 2 heterocycles. The zero-order valence-corrected chi connectivity index (χ0v) is 16.7.